The van der Waals surface area contributed by atoms with Crippen molar-refractivity contribution < 1.29 is 4.79 Å². The molecule has 0 aliphatic rings. The number of carbonyl (C=O) groups is 1. The van der Waals surface area contributed by atoms with E-state index >= 15 is 0 Å². The summed E-state index contributed by atoms with van der Waals surface area (Å²) in [6, 6.07) is 5.38. The SMILES string of the molecule is CC(C)CCn1c(=S)[nH]c2cc(C(N)=O)ccc21. The molecule has 2 aromatic rings. The van der Waals surface area contributed by atoms with Crippen LogP contribution in [-0.2, 0) is 6.54 Å². The lowest BCUT2D eigenvalue weighted by Gasteiger charge is -2.07. The van der Waals surface area contributed by atoms with Gasteiger partial charge < -0.3 is 15.3 Å². The monoisotopic (exact) mass is 263 g/mol. The van der Waals surface area contributed by atoms with E-state index in [-0.39, 0.29) is 0 Å². The van der Waals surface area contributed by atoms with Crippen LogP contribution in [0, 0.1) is 10.7 Å². The highest BCUT2D eigenvalue weighted by Crippen LogP contribution is 2.17. The Bertz CT molecular complexity index is 639. The largest absolute Gasteiger partial charge is 0.366 e. The van der Waals surface area contributed by atoms with E-state index in [2.05, 4.69) is 23.4 Å². The van der Waals surface area contributed by atoms with Crippen molar-refractivity contribution in [3.63, 3.8) is 0 Å². The highest BCUT2D eigenvalue weighted by atomic mass is 32.1. The van der Waals surface area contributed by atoms with Gasteiger partial charge in [0.1, 0.15) is 0 Å². The first-order valence-electron chi connectivity index (χ1n) is 6.01. The molecule has 18 heavy (non-hydrogen) atoms. The van der Waals surface area contributed by atoms with Crippen LogP contribution in [0.5, 0.6) is 0 Å². The molecule has 0 fully saturated rings. The number of amides is 1. The number of hydrogen-bond donors (Lipinski definition) is 2. The van der Waals surface area contributed by atoms with E-state index < -0.39 is 5.91 Å². The van der Waals surface area contributed by atoms with Crippen molar-refractivity contribution in [2.75, 3.05) is 0 Å². The molecule has 2 rings (SSSR count). The molecule has 1 amide bonds. The second kappa shape index (κ2) is 4.94. The predicted molar refractivity (Wildman–Crippen MR) is 75.1 cm³/mol. The molecule has 1 heterocycles. The summed E-state index contributed by atoms with van der Waals surface area (Å²) in [6.07, 6.45) is 1.07. The normalized spacial score (nSPS) is 11.3. The van der Waals surface area contributed by atoms with Gasteiger partial charge in [0.05, 0.1) is 11.0 Å². The third-order valence-corrected chi connectivity index (χ3v) is 3.31. The number of nitrogens with zero attached hydrogens (tertiary/aromatic N) is 1. The van der Waals surface area contributed by atoms with Crippen LogP contribution in [0.15, 0.2) is 18.2 Å². The fourth-order valence-corrected chi connectivity index (χ4v) is 2.23. The topological polar surface area (TPSA) is 63.8 Å². The minimum absolute atomic E-state index is 0.425. The first-order chi connectivity index (χ1) is 8.49. The number of aromatic amines is 1. The number of hydrogen-bond acceptors (Lipinski definition) is 2. The van der Waals surface area contributed by atoms with Gasteiger partial charge in [0.2, 0.25) is 5.91 Å². The summed E-state index contributed by atoms with van der Waals surface area (Å²) in [5.41, 5.74) is 7.64. The fraction of sp³-hybridized carbons (Fsp3) is 0.385. The van der Waals surface area contributed by atoms with E-state index in [0.717, 1.165) is 24.0 Å². The lowest BCUT2D eigenvalue weighted by Crippen LogP contribution is -2.10. The number of fused-ring (bicyclic) bond motifs is 1. The number of nitrogens with one attached hydrogen (secondary N) is 1. The van der Waals surface area contributed by atoms with E-state index in [1.807, 2.05) is 6.07 Å². The number of benzene rings is 1. The molecule has 0 saturated carbocycles. The van der Waals surface area contributed by atoms with Gasteiger partial charge in [0.15, 0.2) is 4.77 Å². The minimum atomic E-state index is -0.425. The van der Waals surface area contributed by atoms with Gasteiger partial charge in [-0.3, -0.25) is 4.79 Å². The molecule has 5 heteroatoms. The second-order valence-electron chi connectivity index (χ2n) is 4.86. The summed E-state index contributed by atoms with van der Waals surface area (Å²) >= 11 is 5.31. The summed E-state index contributed by atoms with van der Waals surface area (Å²) in [5, 5.41) is 0. The molecule has 96 valence electrons. The van der Waals surface area contributed by atoms with Crippen LogP contribution >= 0.6 is 12.2 Å². The Morgan fingerprint density at radius 2 is 2.22 bits per heavy atom. The van der Waals surface area contributed by atoms with Gasteiger partial charge in [-0.25, -0.2) is 0 Å². The van der Waals surface area contributed by atoms with E-state index in [4.69, 9.17) is 18.0 Å². The van der Waals surface area contributed by atoms with Gasteiger partial charge in [-0.15, -0.1) is 0 Å². The molecule has 0 radical (unpaired) electrons. The van der Waals surface area contributed by atoms with E-state index in [1.54, 1.807) is 12.1 Å². The van der Waals surface area contributed by atoms with Crippen molar-refractivity contribution >= 4 is 29.2 Å². The number of H-pyrrole nitrogens is 1. The Kier molecular flexibility index (Phi) is 3.52. The van der Waals surface area contributed by atoms with Crippen LogP contribution in [0.3, 0.4) is 0 Å². The number of nitrogens with two attached hydrogens (primary N) is 1. The molecular formula is C13H17N3OS. The zero-order valence-electron chi connectivity index (χ0n) is 10.6. The molecule has 1 aromatic heterocycles. The standard InChI is InChI=1S/C13H17N3OS/c1-8(2)5-6-16-11-4-3-9(12(14)17)7-10(11)15-13(16)18/h3-4,7-8H,5-6H2,1-2H3,(H2,14,17)(H,15,18). The van der Waals surface area contributed by atoms with Gasteiger partial charge in [0.25, 0.3) is 0 Å². The number of aromatic nitrogens is 2. The molecule has 0 aliphatic heterocycles. The maximum Gasteiger partial charge on any atom is 0.248 e. The van der Waals surface area contributed by atoms with Crippen LogP contribution in [0.2, 0.25) is 0 Å². The van der Waals surface area contributed by atoms with E-state index in [0.29, 0.717) is 16.3 Å². The zero-order chi connectivity index (χ0) is 13.3. The first-order valence-corrected chi connectivity index (χ1v) is 6.42. The van der Waals surface area contributed by atoms with Gasteiger partial charge in [-0.2, -0.15) is 0 Å². The van der Waals surface area contributed by atoms with Crippen molar-refractivity contribution in [3.8, 4) is 0 Å². The summed E-state index contributed by atoms with van der Waals surface area (Å²) in [5.74, 6) is 0.202. The quantitative estimate of drug-likeness (QED) is 0.833. The van der Waals surface area contributed by atoms with Gasteiger partial charge in [-0.05, 0) is 42.8 Å². The molecule has 0 bridgehead atoms. The molecule has 0 saturated heterocycles. The number of carbonyl (C=O) groups excluding carboxylic acids is 1. The van der Waals surface area contributed by atoms with Crippen molar-refractivity contribution in [3.05, 3.63) is 28.5 Å². The molecular weight excluding hydrogens is 246 g/mol. The van der Waals surface area contributed by atoms with E-state index in [1.165, 1.54) is 0 Å². The first kappa shape index (κ1) is 12.8. The number of rotatable bonds is 4. The van der Waals surface area contributed by atoms with Gasteiger partial charge in [0, 0.05) is 12.1 Å². The van der Waals surface area contributed by atoms with Crippen LogP contribution in [0.4, 0.5) is 0 Å². The highest BCUT2D eigenvalue weighted by Gasteiger charge is 2.08. The Hall–Kier alpha value is -1.62. The molecule has 0 aliphatic carbocycles. The lowest BCUT2D eigenvalue weighted by atomic mass is 10.1. The number of primary amides is 1. The van der Waals surface area contributed by atoms with Crippen LogP contribution in [0.25, 0.3) is 11.0 Å². The Labute approximate surface area is 111 Å². The third-order valence-electron chi connectivity index (χ3n) is 2.99. The maximum atomic E-state index is 11.1. The molecule has 1 aromatic carbocycles. The average molecular weight is 263 g/mol. The lowest BCUT2D eigenvalue weighted by molar-refractivity contribution is 0.100. The summed E-state index contributed by atoms with van der Waals surface area (Å²) in [7, 11) is 0. The molecule has 0 unspecified atom stereocenters. The Balaban J connectivity index is 2.45. The van der Waals surface area contributed by atoms with Gasteiger partial charge >= 0.3 is 0 Å². The fourth-order valence-electron chi connectivity index (χ4n) is 1.93. The molecule has 3 N–H and O–H groups in total. The van der Waals surface area contributed by atoms with E-state index in [9.17, 15) is 4.79 Å². The Morgan fingerprint density at radius 1 is 1.50 bits per heavy atom. The number of aryl methyl sites for hydroxylation is 1. The predicted octanol–water partition coefficient (Wildman–Crippen LogP) is 2.84. The molecule has 4 nitrogen and oxygen atoms in total. The third kappa shape index (κ3) is 2.46. The second-order valence-corrected chi connectivity index (χ2v) is 5.25. The Morgan fingerprint density at radius 3 is 2.83 bits per heavy atom. The zero-order valence-corrected chi connectivity index (χ0v) is 11.4. The maximum absolute atomic E-state index is 11.1. The van der Waals surface area contributed by atoms with Crippen LogP contribution in [-0.4, -0.2) is 15.5 Å². The summed E-state index contributed by atoms with van der Waals surface area (Å²) in [4.78, 5) is 14.2. The summed E-state index contributed by atoms with van der Waals surface area (Å²) in [6.45, 7) is 5.25. The molecule has 0 spiro atoms. The smallest absolute Gasteiger partial charge is 0.248 e. The summed E-state index contributed by atoms with van der Waals surface area (Å²) < 4.78 is 2.75. The highest BCUT2D eigenvalue weighted by molar-refractivity contribution is 7.71. The minimum Gasteiger partial charge on any atom is -0.366 e. The van der Waals surface area contributed by atoms with Crippen LogP contribution in [0.1, 0.15) is 30.6 Å². The van der Waals surface area contributed by atoms with Crippen molar-refractivity contribution in [1.29, 1.82) is 0 Å². The number of imidazole rings is 1. The van der Waals surface area contributed by atoms with Gasteiger partial charge in [-0.1, -0.05) is 13.8 Å². The van der Waals surface area contributed by atoms with Crippen LogP contribution < -0.4 is 5.73 Å². The van der Waals surface area contributed by atoms with Crippen molar-refractivity contribution in [2.45, 2.75) is 26.8 Å². The molecule has 0 atom stereocenters. The average Bonchev–Trinajstić information content (AvgIpc) is 2.60. The van der Waals surface area contributed by atoms with Crippen molar-refractivity contribution in [1.82, 2.24) is 9.55 Å². The van der Waals surface area contributed by atoms with Crippen molar-refractivity contribution in [2.24, 2.45) is 11.7 Å².